The minimum atomic E-state index is -3.20. The summed E-state index contributed by atoms with van der Waals surface area (Å²) in [6, 6.07) is 6.72. The van der Waals surface area contributed by atoms with E-state index in [0.29, 0.717) is 18.0 Å². The number of hydrogen-bond acceptors (Lipinski definition) is 4. The van der Waals surface area contributed by atoms with Crippen LogP contribution in [0.2, 0.25) is 0 Å². The third kappa shape index (κ3) is 6.83. The molecule has 114 valence electrons. The van der Waals surface area contributed by atoms with Gasteiger partial charge in [0.05, 0.1) is 16.8 Å². The highest BCUT2D eigenvalue weighted by molar-refractivity contribution is 9.10. The lowest BCUT2D eigenvalue weighted by molar-refractivity contribution is 0.0772. The van der Waals surface area contributed by atoms with Crippen LogP contribution in [0, 0.1) is 0 Å². The Morgan fingerprint density at radius 2 is 1.85 bits per heavy atom. The zero-order valence-electron chi connectivity index (χ0n) is 11.9. The molecular formula is C14H22BrNO3S. The Bertz CT molecular complexity index is 486. The Morgan fingerprint density at radius 1 is 1.20 bits per heavy atom. The molecule has 0 unspecified atom stereocenters. The highest BCUT2D eigenvalue weighted by Gasteiger charge is 2.13. The van der Waals surface area contributed by atoms with Crippen molar-refractivity contribution >= 4 is 25.8 Å². The normalized spacial score (nSPS) is 12.0. The first-order valence-electron chi connectivity index (χ1n) is 6.72. The molecular weight excluding hydrogens is 342 g/mol. The number of halogens is 1. The summed E-state index contributed by atoms with van der Waals surface area (Å²) in [5, 5.41) is 3.13. The van der Waals surface area contributed by atoms with Crippen molar-refractivity contribution in [3.05, 3.63) is 28.7 Å². The van der Waals surface area contributed by atoms with Crippen molar-refractivity contribution in [3.63, 3.8) is 0 Å². The van der Waals surface area contributed by atoms with Crippen molar-refractivity contribution in [3.8, 4) is 0 Å². The second kappa shape index (κ2) is 8.77. The predicted molar refractivity (Wildman–Crippen MR) is 84.8 cm³/mol. The van der Waals surface area contributed by atoms with Crippen LogP contribution in [0.25, 0.3) is 0 Å². The quantitative estimate of drug-likeness (QED) is 0.685. The van der Waals surface area contributed by atoms with E-state index in [2.05, 4.69) is 21.2 Å². The van der Waals surface area contributed by atoms with Gasteiger partial charge in [-0.3, -0.25) is 0 Å². The lowest BCUT2D eigenvalue weighted by Crippen LogP contribution is -2.25. The zero-order valence-corrected chi connectivity index (χ0v) is 14.3. The number of nitrogens with one attached hydrogen (secondary N) is 1. The molecule has 0 atom stereocenters. The van der Waals surface area contributed by atoms with Gasteiger partial charge in [-0.25, -0.2) is 8.42 Å². The summed E-state index contributed by atoms with van der Waals surface area (Å²) in [4.78, 5) is 0.366. The summed E-state index contributed by atoms with van der Waals surface area (Å²) in [5.41, 5.74) is 0. The van der Waals surface area contributed by atoms with Crippen molar-refractivity contribution in [1.82, 2.24) is 5.32 Å². The van der Waals surface area contributed by atoms with Gasteiger partial charge in [-0.2, -0.15) is 0 Å². The summed E-state index contributed by atoms with van der Waals surface area (Å²) in [7, 11) is -3.20. The topological polar surface area (TPSA) is 55.4 Å². The van der Waals surface area contributed by atoms with Crippen LogP contribution >= 0.6 is 15.9 Å². The van der Waals surface area contributed by atoms with E-state index < -0.39 is 9.84 Å². The molecule has 0 spiro atoms. The van der Waals surface area contributed by atoms with Crippen molar-refractivity contribution in [1.29, 1.82) is 0 Å². The highest BCUT2D eigenvalue weighted by Crippen LogP contribution is 2.15. The standard InChI is InChI=1S/C14H22BrNO3S/c1-12(2)19-10-3-8-16-9-11-20(17,18)14-6-4-13(15)5-7-14/h4-7,12,16H,3,8-11H2,1-2H3. The van der Waals surface area contributed by atoms with Crippen LogP contribution in [0.4, 0.5) is 0 Å². The first kappa shape index (κ1) is 17.6. The van der Waals surface area contributed by atoms with Crippen LogP contribution < -0.4 is 5.32 Å². The Labute approximate surface area is 130 Å². The van der Waals surface area contributed by atoms with E-state index in [1.807, 2.05) is 13.8 Å². The van der Waals surface area contributed by atoms with Gasteiger partial charge in [0.2, 0.25) is 0 Å². The summed E-state index contributed by atoms with van der Waals surface area (Å²) in [6.07, 6.45) is 1.13. The van der Waals surface area contributed by atoms with E-state index in [9.17, 15) is 8.42 Å². The van der Waals surface area contributed by atoms with E-state index in [1.165, 1.54) is 0 Å². The molecule has 0 saturated carbocycles. The van der Waals surface area contributed by atoms with Gasteiger partial charge in [0, 0.05) is 17.6 Å². The second-order valence-corrected chi connectivity index (χ2v) is 7.82. The first-order chi connectivity index (χ1) is 9.42. The number of rotatable bonds is 9. The molecule has 0 saturated heterocycles. The molecule has 1 rings (SSSR count). The molecule has 0 aromatic heterocycles. The van der Waals surface area contributed by atoms with Gasteiger partial charge < -0.3 is 10.1 Å². The molecule has 4 nitrogen and oxygen atoms in total. The fourth-order valence-corrected chi connectivity index (χ4v) is 3.07. The Balaban J connectivity index is 2.25. The van der Waals surface area contributed by atoms with Gasteiger partial charge in [0.25, 0.3) is 0 Å². The van der Waals surface area contributed by atoms with E-state index in [0.717, 1.165) is 17.4 Å². The van der Waals surface area contributed by atoms with Crippen LogP contribution in [0.15, 0.2) is 33.6 Å². The van der Waals surface area contributed by atoms with Crippen LogP contribution in [0.1, 0.15) is 20.3 Å². The smallest absolute Gasteiger partial charge is 0.179 e. The van der Waals surface area contributed by atoms with Crippen molar-refractivity contribution in [2.45, 2.75) is 31.3 Å². The van der Waals surface area contributed by atoms with E-state index in [4.69, 9.17) is 4.74 Å². The summed E-state index contributed by atoms with van der Waals surface area (Å²) >= 11 is 3.29. The molecule has 1 N–H and O–H groups in total. The molecule has 6 heteroatoms. The number of sulfone groups is 1. The molecule has 0 heterocycles. The van der Waals surface area contributed by atoms with Crippen LogP contribution in [-0.2, 0) is 14.6 Å². The fourth-order valence-electron chi connectivity index (χ4n) is 1.61. The number of benzene rings is 1. The maximum absolute atomic E-state index is 12.0. The van der Waals surface area contributed by atoms with Gasteiger partial charge in [0.1, 0.15) is 0 Å². The van der Waals surface area contributed by atoms with Gasteiger partial charge in [0.15, 0.2) is 9.84 Å². The molecule has 0 fully saturated rings. The Kier molecular flexibility index (Phi) is 7.72. The Hall–Kier alpha value is -0.430. The molecule has 0 amide bonds. The minimum Gasteiger partial charge on any atom is -0.379 e. The van der Waals surface area contributed by atoms with Gasteiger partial charge in [-0.15, -0.1) is 0 Å². The molecule has 0 aliphatic rings. The number of hydrogen-bond donors (Lipinski definition) is 1. The molecule has 1 aromatic carbocycles. The van der Waals surface area contributed by atoms with Gasteiger partial charge >= 0.3 is 0 Å². The maximum Gasteiger partial charge on any atom is 0.179 e. The monoisotopic (exact) mass is 363 g/mol. The largest absolute Gasteiger partial charge is 0.379 e. The first-order valence-corrected chi connectivity index (χ1v) is 9.17. The van der Waals surface area contributed by atoms with Crippen LogP contribution in [0.3, 0.4) is 0 Å². The third-order valence-electron chi connectivity index (χ3n) is 2.67. The average molecular weight is 364 g/mol. The SMILES string of the molecule is CC(C)OCCCNCCS(=O)(=O)c1ccc(Br)cc1. The Morgan fingerprint density at radius 3 is 2.45 bits per heavy atom. The van der Waals surface area contributed by atoms with Gasteiger partial charge in [-0.1, -0.05) is 15.9 Å². The fraction of sp³-hybridized carbons (Fsp3) is 0.571. The summed E-state index contributed by atoms with van der Waals surface area (Å²) in [6.45, 7) is 5.92. The lowest BCUT2D eigenvalue weighted by atomic mass is 10.4. The van der Waals surface area contributed by atoms with Crippen molar-refractivity contribution in [2.24, 2.45) is 0 Å². The van der Waals surface area contributed by atoms with E-state index >= 15 is 0 Å². The molecule has 20 heavy (non-hydrogen) atoms. The van der Waals surface area contributed by atoms with Crippen molar-refractivity contribution in [2.75, 3.05) is 25.4 Å². The molecule has 0 bridgehead atoms. The number of ether oxygens (including phenoxy) is 1. The van der Waals surface area contributed by atoms with Crippen LogP contribution in [0.5, 0.6) is 0 Å². The van der Waals surface area contributed by atoms with Crippen LogP contribution in [-0.4, -0.2) is 40.0 Å². The highest BCUT2D eigenvalue weighted by atomic mass is 79.9. The third-order valence-corrected chi connectivity index (χ3v) is 4.93. The van der Waals surface area contributed by atoms with Crippen molar-refractivity contribution < 1.29 is 13.2 Å². The minimum absolute atomic E-state index is 0.111. The molecule has 0 radical (unpaired) electrons. The zero-order chi connectivity index (χ0) is 15.0. The maximum atomic E-state index is 12.0. The summed E-state index contributed by atoms with van der Waals surface area (Å²) < 4.78 is 30.4. The molecule has 0 aliphatic carbocycles. The molecule has 0 aliphatic heterocycles. The lowest BCUT2D eigenvalue weighted by Gasteiger charge is -2.08. The predicted octanol–water partition coefficient (Wildman–Crippen LogP) is 2.63. The second-order valence-electron chi connectivity index (χ2n) is 4.80. The van der Waals surface area contributed by atoms with E-state index in [-0.39, 0.29) is 11.9 Å². The molecule has 1 aromatic rings. The van der Waals surface area contributed by atoms with Gasteiger partial charge in [-0.05, 0) is 51.1 Å². The van der Waals surface area contributed by atoms with E-state index in [1.54, 1.807) is 24.3 Å². The average Bonchev–Trinajstić information content (AvgIpc) is 2.37. The summed E-state index contributed by atoms with van der Waals surface area (Å²) in [5.74, 6) is 0.111.